The molecule has 0 aromatic rings. The Morgan fingerprint density at radius 2 is 2.12 bits per heavy atom. The van der Waals surface area contributed by atoms with Gasteiger partial charge < -0.3 is 10.4 Å². The second-order valence-corrected chi connectivity index (χ2v) is 4.71. The van der Waals surface area contributed by atoms with Crippen molar-refractivity contribution in [3.8, 4) is 0 Å². The van der Waals surface area contributed by atoms with Crippen LogP contribution in [0, 0.1) is 5.41 Å². The van der Waals surface area contributed by atoms with E-state index >= 15 is 0 Å². The number of carboxylic acid groups (broad SMARTS) is 1. The van der Waals surface area contributed by atoms with Crippen LogP contribution in [0.5, 0.6) is 0 Å². The predicted octanol–water partition coefficient (Wildman–Crippen LogP) is 0.699. The number of hydrogen-bond donors (Lipinski definition) is 2. The van der Waals surface area contributed by atoms with E-state index in [1.807, 2.05) is 18.7 Å². The Kier molecular flexibility index (Phi) is 4.93. The van der Waals surface area contributed by atoms with E-state index in [1.54, 1.807) is 0 Å². The lowest BCUT2D eigenvalue weighted by molar-refractivity contribution is -0.153. The fraction of sp³-hybridized carbons (Fsp3) is 0.833. The molecule has 2 N–H and O–H groups in total. The fourth-order valence-electron chi connectivity index (χ4n) is 2.43. The van der Waals surface area contributed by atoms with Crippen LogP contribution in [-0.2, 0) is 9.59 Å². The molecule has 0 bridgehead atoms. The van der Waals surface area contributed by atoms with Gasteiger partial charge in [-0.3, -0.25) is 14.5 Å². The number of piperidine rings is 1. The van der Waals surface area contributed by atoms with Gasteiger partial charge in [-0.1, -0.05) is 6.92 Å². The van der Waals surface area contributed by atoms with Gasteiger partial charge in [0.1, 0.15) is 0 Å². The number of likely N-dealkylation sites (N-methyl/N-ethyl adjacent to an activating group) is 1. The third kappa shape index (κ3) is 3.43. The summed E-state index contributed by atoms with van der Waals surface area (Å²) in [7, 11) is 0. The summed E-state index contributed by atoms with van der Waals surface area (Å²) in [5, 5.41) is 12.1. The Morgan fingerprint density at radius 1 is 1.41 bits per heavy atom. The molecule has 0 radical (unpaired) electrons. The minimum absolute atomic E-state index is 0.0233. The first-order valence-electron chi connectivity index (χ1n) is 6.26. The Labute approximate surface area is 102 Å². The molecule has 1 atom stereocenters. The van der Waals surface area contributed by atoms with Crippen LogP contribution in [0.15, 0.2) is 0 Å². The Balaban J connectivity index is 2.59. The van der Waals surface area contributed by atoms with Gasteiger partial charge in [0, 0.05) is 13.1 Å². The maximum absolute atomic E-state index is 11.5. The molecule has 0 aromatic carbocycles. The zero-order valence-electron chi connectivity index (χ0n) is 10.7. The van der Waals surface area contributed by atoms with Crippen LogP contribution in [0.3, 0.4) is 0 Å². The van der Waals surface area contributed by atoms with Crippen molar-refractivity contribution in [1.29, 1.82) is 0 Å². The lowest BCUT2D eigenvalue weighted by Crippen LogP contribution is -2.50. The molecule has 1 unspecified atom stereocenters. The van der Waals surface area contributed by atoms with Crippen LogP contribution in [0.4, 0.5) is 0 Å². The number of likely N-dealkylation sites (tertiary alicyclic amines) is 1. The summed E-state index contributed by atoms with van der Waals surface area (Å²) in [5.74, 6) is -0.759. The number of nitrogens with one attached hydrogen (secondary N) is 1. The lowest BCUT2D eigenvalue weighted by Gasteiger charge is -2.39. The van der Waals surface area contributed by atoms with Gasteiger partial charge in [0.15, 0.2) is 0 Å². The van der Waals surface area contributed by atoms with Crippen LogP contribution >= 0.6 is 0 Å². The van der Waals surface area contributed by atoms with E-state index in [9.17, 15) is 14.7 Å². The van der Waals surface area contributed by atoms with Crippen molar-refractivity contribution in [3.05, 3.63) is 0 Å². The summed E-state index contributed by atoms with van der Waals surface area (Å²) in [4.78, 5) is 24.8. The zero-order valence-corrected chi connectivity index (χ0v) is 10.7. The van der Waals surface area contributed by atoms with E-state index in [4.69, 9.17) is 0 Å². The number of rotatable bonds is 5. The standard InChI is InChI=1S/C12H22N2O3/c1-3-12(11(16)17)6-5-7-14(9-12)8-10(15)13-4-2/h3-9H2,1-2H3,(H,13,15)(H,16,17). The van der Waals surface area contributed by atoms with Gasteiger partial charge in [0.25, 0.3) is 0 Å². The molecule has 17 heavy (non-hydrogen) atoms. The van der Waals surface area contributed by atoms with E-state index < -0.39 is 11.4 Å². The number of amides is 1. The summed E-state index contributed by atoms with van der Waals surface area (Å²) >= 11 is 0. The summed E-state index contributed by atoms with van der Waals surface area (Å²) in [5.41, 5.74) is -0.662. The largest absolute Gasteiger partial charge is 0.481 e. The SMILES string of the molecule is CCNC(=O)CN1CCCC(CC)(C(=O)O)C1. The van der Waals surface area contributed by atoms with Crippen molar-refractivity contribution < 1.29 is 14.7 Å². The minimum Gasteiger partial charge on any atom is -0.481 e. The monoisotopic (exact) mass is 242 g/mol. The number of carbonyl (C=O) groups is 2. The summed E-state index contributed by atoms with van der Waals surface area (Å²) in [6.45, 7) is 6.00. The maximum Gasteiger partial charge on any atom is 0.310 e. The molecular weight excluding hydrogens is 220 g/mol. The van der Waals surface area contributed by atoms with Gasteiger partial charge in [-0.2, -0.15) is 0 Å². The highest BCUT2D eigenvalue weighted by Crippen LogP contribution is 2.33. The van der Waals surface area contributed by atoms with E-state index in [1.165, 1.54) is 0 Å². The normalized spacial score (nSPS) is 25.5. The number of carboxylic acids is 1. The van der Waals surface area contributed by atoms with Crippen molar-refractivity contribution in [1.82, 2.24) is 10.2 Å². The quantitative estimate of drug-likeness (QED) is 0.744. The highest BCUT2D eigenvalue weighted by Gasteiger charge is 2.40. The van der Waals surface area contributed by atoms with Gasteiger partial charge in [-0.15, -0.1) is 0 Å². The molecule has 0 aromatic heterocycles. The average Bonchev–Trinajstić information content (AvgIpc) is 2.29. The lowest BCUT2D eigenvalue weighted by atomic mass is 9.77. The summed E-state index contributed by atoms with van der Waals surface area (Å²) < 4.78 is 0. The molecule has 5 nitrogen and oxygen atoms in total. The second-order valence-electron chi connectivity index (χ2n) is 4.71. The Hall–Kier alpha value is -1.10. The predicted molar refractivity (Wildman–Crippen MR) is 64.7 cm³/mol. The van der Waals surface area contributed by atoms with Crippen molar-refractivity contribution in [2.75, 3.05) is 26.2 Å². The Bertz CT molecular complexity index is 293. The molecule has 0 saturated carbocycles. The molecule has 1 saturated heterocycles. The number of carbonyl (C=O) groups excluding carboxylic acids is 1. The first kappa shape index (κ1) is 14.0. The molecule has 1 fully saturated rings. The van der Waals surface area contributed by atoms with Crippen LogP contribution in [0.25, 0.3) is 0 Å². The van der Waals surface area contributed by atoms with Gasteiger partial charge in [-0.05, 0) is 32.7 Å². The van der Waals surface area contributed by atoms with Gasteiger partial charge in [0.05, 0.1) is 12.0 Å². The first-order valence-corrected chi connectivity index (χ1v) is 6.26. The van der Waals surface area contributed by atoms with Gasteiger partial charge in [-0.25, -0.2) is 0 Å². The molecule has 1 amide bonds. The number of aliphatic carboxylic acids is 1. The van der Waals surface area contributed by atoms with Crippen molar-refractivity contribution in [2.24, 2.45) is 5.41 Å². The third-order valence-electron chi connectivity index (χ3n) is 3.53. The van der Waals surface area contributed by atoms with Crippen molar-refractivity contribution in [3.63, 3.8) is 0 Å². The highest BCUT2D eigenvalue weighted by atomic mass is 16.4. The van der Waals surface area contributed by atoms with E-state index in [-0.39, 0.29) is 5.91 Å². The average molecular weight is 242 g/mol. The second kappa shape index (κ2) is 6.00. The molecule has 1 heterocycles. The van der Waals surface area contributed by atoms with Crippen LogP contribution in [0.2, 0.25) is 0 Å². The molecule has 1 rings (SSSR count). The topological polar surface area (TPSA) is 69.6 Å². The summed E-state index contributed by atoms with van der Waals surface area (Å²) in [6.07, 6.45) is 2.18. The Morgan fingerprint density at radius 3 is 2.65 bits per heavy atom. The number of nitrogens with zero attached hydrogens (tertiary/aromatic N) is 1. The van der Waals surface area contributed by atoms with Crippen LogP contribution < -0.4 is 5.32 Å². The molecular formula is C12H22N2O3. The summed E-state index contributed by atoms with van der Waals surface area (Å²) in [6, 6.07) is 0. The van der Waals surface area contributed by atoms with Crippen LogP contribution in [-0.4, -0.2) is 48.1 Å². The highest BCUT2D eigenvalue weighted by molar-refractivity contribution is 5.78. The number of hydrogen-bond acceptors (Lipinski definition) is 3. The van der Waals surface area contributed by atoms with Gasteiger partial charge >= 0.3 is 5.97 Å². The smallest absolute Gasteiger partial charge is 0.310 e. The molecule has 98 valence electrons. The fourth-order valence-corrected chi connectivity index (χ4v) is 2.43. The molecule has 0 aliphatic carbocycles. The van der Waals surface area contributed by atoms with E-state index in [0.717, 1.165) is 13.0 Å². The van der Waals surface area contributed by atoms with E-state index in [2.05, 4.69) is 5.32 Å². The minimum atomic E-state index is -0.736. The zero-order chi connectivity index (χ0) is 12.9. The third-order valence-corrected chi connectivity index (χ3v) is 3.53. The molecule has 1 aliphatic heterocycles. The molecule has 5 heteroatoms. The first-order chi connectivity index (χ1) is 8.04. The molecule has 0 spiro atoms. The van der Waals surface area contributed by atoms with Crippen LogP contribution in [0.1, 0.15) is 33.1 Å². The molecule has 1 aliphatic rings. The van der Waals surface area contributed by atoms with Crippen molar-refractivity contribution in [2.45, 2.75) is 33.1 Å². The van der Waals surface area contributed by atoms with E-state index in [0.29, 0.717) is 32.5 Å². The van der Waals surface area contributed by atoms with Crippen molar-refractivity contribution >= 4 is 11.9 Å². The van der Waals surface area contributed by atoms with Gasteiger partial charge in [0.2, 0.25) is 5.91 Å². The maximum atomic E-state index is 11.5.